The molecule has 2 saturated heterocycles. The molecule has 11 heteroatoms. The minimum atomic E-state index is -3.51. The van der Waals surface area contributed by atoms with Crippen LogP contribution in [0.1, 0.15) is 49.7 Å². The number of carbonyl (C=O) groups is 2. The Bertz CT molecular complexity index is 1450. The van der Waals surface area contributed by atoms with Crippen LogP contribution in [-0.4, -0.2) is 104 Å². The number of piperidine rings is 1. The van der Waals surface area contributed by atoms with Crippen LogP contribution in [0.15, 0.2) is 72.1 Å². The molecule has 1 aliphatic carbocycles. The van der Waals surface area contributed by atoms with Gasteiger partial charge in [0, 0.05) is 71.2 Å². The average molecular weight is 652 g/mol. The van der Waals surface area contributed by atoms with Crippen molar-refractivity contribution in [3.8, 4) is 0 Å². The normalized spacial score (nSPS) is 23.1. The fourth-order valence-electron chi connectivity index (χ4n) is 7.29. The van der Waals surface area contributed by atoms with Gasteiger partial charge in [0.15, 0.2) is 0 Å². The molecule has 0 spiro atoms. The van der Waals surface area contributed by atoms with Crippen LogP contribution in [0.2, 0.25) is 0 Å². The van der Waals surface area contributed by atoms with Gasteiger partial charge in [-0.25, -0.2) is 17.5 Å². The molecule has 46 heavy (non-hydrogen) atoms. The average Bonchev–Trinajstić information content (AvgIpc) is 3.72. The van der Waals surface area contributed by atoms with Crippen LogP contribution >= 0.6 is 0 Å². The molecule has 1 saturated carbocycles. The zero-order chi connectivity index (χ0) is 32.9. The van der Waals surface area contributed by atoms with E-state index >= 15 is 0 Å². The number of amides is 3. The summed E-state index contributed by atoms with van der Waals surface area (Å²) >= 11 is 0. The summed E-state index contributed by atoms with van der Waals surface area (Å²) in [7, 11) is -0.522. The van der Waals surface area contributed by atoms with E-state index in [9.17, 15) is 23.1 Å². The zero-order valence-corrected chi connectivity index (χ0v) is 28.0. The van der Waals surface area contributed by atoms with Gasteiger partial charge in [0.1, 0.15) is 5.60 Å². The molecule has 10 nitrogen and oxygen atoms in total. The fourth-order valence-corrected chi connectivity index (χ4v) is 8.20. The zero-order valence-electron chi connectivity index (χ0n) is 27.2. The molecule has 3 fully saturated rings. The Morgan fingerprint density at radius 1 is 1.02 bits per heavy atom. The topological polar surface area (TPSA) is 113 Å². The van der Waals surface area contributed by atoms with Crippen molar-refractivity contribution in [3.05, 3.63) is 78.4 Å². The van der Waals surface area contributed by atoms with Gasteiger partial charge in [-0.05, 0) is 48.9 Å². The lowest BCUT2D eigenvalue weighted by molar-refractivity contribution is -0.135. The molecule has 2 aromatic rings. The summed E-state index contributed by atoms with van der Waals surface area (Å²) in [6.07, 6.45) is 7.41. The van der Waals surface area contributed by atoms with Gasteiger partial charge in [-0.2, -0.15) is 0 Å². The molecule has 2 aromatic carbocycles. The molecule has 3 amide bonds. The molecule has 0 radical (unpaired) electrons. The highest BCUT2D eigenvalue weighted by atomic mass is 32.2. The molecule has 3 aliphatic rings. The van der Waals surface area contributed by atoms with Crippen molar-refractivity contribution in [3.63, 3.8) is 0 Å². The molecular formula is C35H49N5O5S. The summed E-state index contributed by atoms with van der Waals surface area (Å²) in [5.74, 6) is 0.159. The van der Waals surface area contributed by atoms with Crippen molar-refractivity contribution in [2.24, 2.45) is 11.8 Å². The number of urea groups is 1. The van der Waals surface area contributed by atoms with E-state index < -0.39 is 15.6 Å². The molecule has 0 bridgehead atoms. The SMILES string of the molecule is C=CCN(C(=O)NCc1ccc(S(=O)(=O)N(C)C)cc1)C1CCN(C[C@H]2CN(C(=O)C3CCCC3)C[C@]2(O)c2ccccc2)CC1. The van der Waals surface area contributed by atoms with Crippen molar-refractivity contribution < 1.29 is 23.1 Å². The van der Waals surface area contributed by atoms with Crippen LogP contribution in [0.25, 0.3) is 0 Å². The number of carbonyl (C=O) groups excluding carboxylic acids is 2. The summed E-state index contributed by atoms with van der Waals surface area (Å²) in [4.78, 5) is 33.0. The Hall–Kier alpha value is -3.25. The highest BCUT2D eigenvalue weighted by molar-refractivity contribution is 7.89. The van der Waals surface area contributed by atoms with Crippen molar-refractivity contribution in [2.75, 3.05) is 53.4 Å². The maximum Gasteiger partial charge on any atom is 0.318 e. The molecule has 250 valence electrons. The summed E-state index contributed by atoms with van der Waals surface area (Å²) in [5, 5.41) is 15.1. The van der Waals surface area contributed by atoms with E-state index in [0.29, 0.717) is 26.2 Å². The van der Waals surface area contributed by atoms with Crippen molar-refractivity contribution in [1.82, 2.24) is 24.3 Å². The first kappa shape index (κ1) is 34.1. The standard InChI is InChI=1S/C35H49N5O5S/c1-4-20-40(34(42)36-23-27-14-16-32(17-15-27)46(44,45)37(2)3)31-18-21-38(22-19-31)24-30-25-39(33(41)28-10-8-9-11-28)26-35(30,43)29-12-6-5-7-13-29/h4-7,12-17,28,30-31,43H,1,8-11,18-26H2,2-3H3,(H,36,42)/t30-,35-/m0/s1. The summed E-state index contributed by atoms with van der Waals surface area (Å²) in [6.45, 7) is 7.69. The van der Waals surface area contributed by atoms with E-state index in [-0.39, 0.29) is 41.3 Å². The first-order chi connectivity index (χ1) is 22.0. The Labute approximate surface area is 274 Å². The van der Waals surface area contributed by atoms with Crippen LogP contribution < -0.4 is 5.32 Å². The fraction of sp³-hybridized carbons (Fsp3) is 0.543. The molecule has 2 N–H and O–H groups in total. The van der Waals surface area contributed by atoms with E-state index in [1.54, 1.807) is 30.3 Å². The molecule has 5 rings (SSSR count). The van der Waals surface area contributed by atoms with Gasteiger partial charge >= 0.3 is 6.03 Å². The van der Waals surface area contributed by atoms with E-state index in [1.807, 2.05) is 40.1 Å². The Kier molecular flexibility index (Phi) is 10.9. The van der Waals surface area contributed by atoms with Crippen molar-refractivity contribution >= 4 is 22.0 Å². The van der Waals surface area contributed by atoms with Crippen LogP contribution in [0.4, 0.5) is 4.79 Å². The number of benzene rings is 2. The molecule has 2 atom stereocenters. The number of likely N-dealkylation sites (tertiary alicyclic amines) is 2. The van der Waals surface area contributed by atoms with Gasteiger partial charge in [-0.15, -0.1) is 6.58 Å². The summed E-state index contributed by atoms with van der Waals surface area (Å²) in [5.41, 5.74) is 0.567. The molecule has 2 aliphatic heterocycles. The highest BCUT2D eigenvalue weighted by Gasteiger charge is 2.49. The third-order valence-corrected chi connectivity index (χ3v) is 11.9. The monoisotopic (exact) mass is 651 g/mol. The number of rotatable bonds is 11. The number of nitrogens with zero attached hydrogens (tertiary/aromatic N) is 4. The Morgan fingerprint density at radius 3 is 2.28 bits per heavy atom. The van der Waals surface area contributed by atoms with Gasteiger partial charge in [-0.1, -0.05) is 61.4 Å². The predicted octanol–water partition coefficient (Wildman–Crippen LogP) is 3.64. The predicted molar refractivity (Wildman–Crippen MR) is 178 cm³/mol. The lowest BCUT2D eigenvalue weighted by atomic mass is 9.83. The lowest BCUT2D eigenvalue weighted by Crippen LogP contribution is -2.52. The van der Waals surface area contributed by atoms with E-state index in [4.69, 9.17) is 0 Å². The number of hydrogen-bond donors (Lipinski definition) is 2. The highest BCUT2D eigenvalue weighted by Crippen LogP contribution is 2.40. The van der Waals surface area contributed by atoms with Gasteiger partial charge in [-0.3, -0.25) is 4.79 Å². The van der Waals surface area contributed by atoms with E-state index in [2.05, 4.69) is 16.8 Å². The minimum Gasteiger partial charge on any atom is -0.383 e. The number of β-amino-alcohol motifs (C(OH)–C–C–N with tert-alkyl or cyclic N) is 1. The largest absolute Gasteiger partial charge is 0.383 e. The second kappa shape index (κ2) is 14.7. The second-order valence-corrected chi connectivity index (χ2v) is 15.4. The third-order valence-electron chi connectivity index (χ3n) is 10.0. The Morgan fingerprint density at radius 2 is 1.67 bits per heavy atom. The smallest absolute Gasteiger partial charge is 0.318 e. The minimum absolute atomic E-state index is 0.0406. The molecule has 0 unspecified atom stereocenters. The Balaban J connectivity index is 1.18. The number of nitrogens with one attached hydrogen (secondary N) is 1. The van der Waals surface area contributed by atoms with Crippen LogP contribution in [0.3, 0.4) is 0 Å². The first-order valence-corrected chi connectivity index (χ1v) is 17.9. The van der Waals surface area contributed by atoms with Gasteiger partial charge < -0.3 is 25.1 Å². The first-order valence-electron chi connectivity index (χ1n) is 16.5. The van der Waals surface area contributed by atoms with Crippen LogP contribution in [0, 0.1) is 11.8 Å². The third kappa shape index (κ3) is 7.48. The van der Waals surface area contributed by atoms with Crippen molar-refractivity contribution in [2.45, 2.75) is 61.6 Å². The maximum absolute atomic E-state index is 13.4. The molecule has 0 aromatic heterocycles. The van der Waals surface area contributed by atoms with Crippen LogP contribution in [0.5, 0.6) is 0 Å². The number of hydrogen-bond acceptors (Lipinski definition) is 6. The quantitative estimate of drug-likeness (QED) is 0.359. The number of aliphatic hydroxyl groups is 1. The van der Waals surface area contributed by atoms with Crippen molar-refractivity contribution in [1.29, 1.82) is 0 Å². The van der Waals surface area contributed by atoms with Crippen LogP contribution in [-0.2, 0) is 27.0 Å². The van der Waals surface area contributed by atoms with Gasteiger partial charge in [0.2, 0.25) is 15.9 Å². The van der Waals surface area contributed by atoms with Gasteiger partial charge in [0.25, 0.3) is 0 Å². The van der Waals surface area contributed by atoms with E-state index in [1.165, 1.54) is 18.4 Å². The summed E-state index contributed by atoms with van der Waals surface area (Å²) < 4.78 is 25.9. The molecule has 2 heterocycles. The van der Waals surface area contributed by atoms with Gasteiger partial charge in [0.05, 0.1) is 11.4 Å². The lowest BCUT2D eigenvalue weighted by Gasteiger charge is -2.40. The second-order valence-electron chi connectivity index (χ2n) is 13.3. The molecular weight excluding hydrogens is 602 g/mol. The number of sulfonamides is 1. The summed E-state index contributed by atoms with van der Waals surface area (Å²) in [6, 6.07) is 16.2. The van der Waals surface area contributed by atoms with E-state index in [0.717, 1.165) is 62.7 Å². The maximum atomic E-state index is 13.4.